The summed E-state index contributed by atoms with van der Waals surface area (Å²) in [5.74, 6) is 0.612. The van der Waals surface area contributed by atoms with Gasteiger partial charge in [-0.1, -0.05) is 6.08 Å². The lowest BCUT2D eigenvalue weighted by Crippen LogP contribution is -2.57. The van der Waals surface area contributed by atoms with Crippen molar-refractivity contribution in [3.8, 4) is 0 Å². The molecular weight excluding hydrogens is 210 g/mol. The summed E-state index contributed by atoms with van der Waals surface area (Å²) in [6, 6.07) is 0. The Labute approximate surface area is 105 Å². The van der Waals surface area contributed by atoms with Crippen molar-refractivity contribution in [2.75, 3.05) is 13.1 Å². The number of nitrogens with zero attached hydrogens (tertiary/aromatic N) is 1. The first-order valence-electron chi connectivity index (χ1n) is 7.19. The van der Waals surface area contributed by atoms with Crippen LogP contribution in [0.5, 0.6) is 0 Å². The van der Waals surface area contributed by atoms with E-state index >= 15 is 0 Å². The zero-order valence-electron chi connectivity index (χ0n) is 11.5. The fourth-order valence-electron chi connectivity index (χ4n) is 3.89. The third kappa shape index (κ3) is 1.81. The Morgan fingerprint density at radius 3 is 2.47 bits per heavy atom. The van der Waals surface area contributed by atoms with Gasteiger partial charge in [-0.3, -0.25) is 0 Å². The number of hydrogen-bond acceptors (Lipinski definition) is 2. The second-order valence-electron chi connectivity index (χ2n) is 6.68. The minimum Gasteiger partial charge on any atom is -0.373 e. The van der Waals surface area contributed by atoms with Crippen molar-refractivity contribution in [2.45, 2.75) is 64.1 Å². The molecule has 0 spiro atoms. The zero-order valence-corrected chi connectivity index (χ0v) is 11.5. The van der Waals surface area contributed by atoms with Gasteiger partial charge in [0.05, 0.1) is 5.60 Å². The van der Waals surface area contributed by atoms with Crippen LogP contribution in [0.4, 0.5) is 0 Å². The number of rotatable bonds is 1. The SMILES string of the molecule is CC1(C)O[C@@]2(C)CC[C@@H]1C=C2N1CCCCC1. The van der Waals surface area contributed by atoms with Gasteiger partial charge in [0, 0.05) is 24.7 Å². The summed E-state index contributed by atoms with van der Waals surface area (Å²) < 4.78 is 6.42. The number of hydrogen-bond donors (Lipinski definition) is 0. The van der Waals surface area contributed by atoms with Gasteiger partial charge in [0.15, 0.2) is 0 Å². The highest BCUT2D eigenvalue weighted by Gasteiger charge is 2.50. The minimum atomic E-state index is -0.0183. The largest absolute Gasteiger partial charge is 0.373 e. The van der Waals surface area contributed by atoms with E-state index in [0.717, 1.165) is 0 Å². The maximum absolute atomic E-state index is 6.42. The topological polar surface area (TPSA) is 12.5 Å². The molecule has 2 fully saturated rings. The lowest BCUT2D eigenvalue weighted by atomic mass is 9.71. The molecule has 1 aliphatic carbocycles. The van der Waals surface area contributed by atoms with Crippen LogP contribution >= 0.6 is 0 Å². The van der Waals surface area contributed by atoms with Crippen LogP contribution in [0.2, 0.25) is 0 Å². The van der Waals surface area contributed by atoms with E-state index in [4.69, 9.17) is 4.74 Å². The molecule has 3 aliphatic heterocycles. The summed E-state index contributed by atoms with van der Waals surface area (Å²) >= 11 is 0. The Balaban J connectivity index is 1.90. The van der Waals surface area contributed by atoms with Crippen molar-refractivity contribution in [3.05, 3.63) is 11.8 Å². The summed E-state index contributed by atoms with van der Waals surface area (Å²) in [4.78, 5) is 2.59. The van der Waals surface area contributed by atoms with E-state index in [1.54, 1.807) is 0 Å². The number of likely N-dealkylation sites (tertiary alicyclic amines) is 1. The Kier molecular flexibility index (Phi) is 2.55. The van der Waals surface area contributed by atoms with E-state index in [0.29, 0.717) is 5.92 Å². The monoisotopic (exact) mass is 235 g/mol. The molecule has 0 aromatic carbocycles. The zero-order chi connectivity index (χ0) is 12.1. The van der Waals surface area contributed by atoms with Crippen LogP contribution in [-0.2, 0) is 4.74 Å². The molecular formula is C15H25NO. The van der Waals surface area contributed by atoms with Crippen LogP contribution in [0.25, 0.3) is 0 Å². The number of piperidine rings is 1. The molecule has 4 rings (SSSR count). The molecule has 0 radical (unpaired) electrons. The van der Waals surface area contributed by atoms with Crippen molar-refractivity contribution >= 4 is 0 Å². The van der Waals surface area contributed by atoms with Gasteiger partial charge in [0.2, 0.25) is 0 Å². The lowest BCUT2D eigenvalue weighted by Gasteiger charge is -2.55. The smallest absolute Gasteiger partial charge is 0.105 e. The quantitative estimate of drug-likeness (QED) is 0.691. The molecule has 2 atom stereocenters. The summed E-state index contributed by atoms with van der Waals surface area (Å²) in [6.45, 7) is 9.26. The molecule has 2 saturated heterocycles. The van der Waals surface area contributed by atoms with Crippen molar-refractivity contribution in [1.82, 2.24) is 4.90 Å². The second-order valence-corrected chi connectivity index (χ2v) is 6.68. The molecule has 0 amide bonds. The van der Waals surface area contributed by atoms with Crippen molar-refractivity contribution in [3.63, 3.8) is 0 Å². The minimum absolute atomic E-state index is 0.0183. The third-order valence-corrected chi connectivity index (χ3v) is 4.91. The molecule has 2 heteroatoms. The number of fused-ring (bicyclic) bond motifs is 2. The van der Waals surface area contributed by atoms with Gasteiger partial charge >= 0.3 is 0 Å². The molecule has 3 heterocycles. The highest BCUT2D eigenvalue weighted by molar-refractivity contribution is 5.26. The van der Waals surface area contributed by atoms with Gasteiger partial charge in [-0.05, 0) is 52.9 Å². The van der Waals surface area contributed by atoms with E-state index in [1.165, 1.54) is 50.9 Å². The molecule has 96 valence electrons. The fourth-order valence-corrected chi connectivity index (χ4v) is 3.89. The molecule has 2 nitrogen and oxygen atoms in total. The van der Waals surface area contributed by atoms with Crippen LogP contribution in [0, 0.1) is 5.92 Å². The first kappa shape index (κ1) is 11.6. The van der Waals surface area contributed by atoms with Crippen LogP contribution in [-0.4, -0.2) is 29.2 Å². The molecule has 0 aromatic rings. The summed E-state index contributed by atoms with van der Waals surface area (Å²) in [7, 11) is 0. The highest BCUT2D eigenvalue weighted by atomic mass is 16.5. The molecule has 0 aromatic heterocycles. The van der Waals surface area contributed by atoms with Gasteiger partial charge < -0.3 is 9.64 Å². The lowest BCUT2D eigenvalue weighted by molar-refractivity contribution is -0.188. The normalized spacial score (nSPS) is 40.3. The summed E-state index contributed by atoms with van der Waals surface area (Å²) in [5.41, 5.74) is 1.51. The molecule has 17 heavy (non-hydrogen) atoms. The van der Waals surface area contributed by atoms with Gasteiger partial charge in [-0.25, -0.2) is 0 Å². The molecule has 4 aliphatic rings. The molecule has 0 N–H and O–H groups in total. The van der Waals surface area contributed by atoms with Crippen molar-refractivity contribution in [1.29, 1.82) is 0 Å². The molecule has 2 bridgehead atoms. The first-order chi connectivity index (χ1) is 8.01. The van der Waals surface area contributed by atoms with Crippen molar-refractivity contribution < 1.29 is 4.74 Å². The predicted octanol–water partition coefficient (Wildman–Crippen LogP) is 3.33. The second kappa shape index (κ2) is 3.74. The standard InChI is InChI=1S/C15H25NO/c1-14(2)12-7-8-15(3,17-14)13(11-12)16-9-5-4-6-10-16/h11-12H,4-10H2,1-3H3/t12-,15+/m1/s1. The number of ether oxygens (including phenoxy) is 1. The third-order valence-electron chi connectivity index (χ3n) is 4.91. The fraction of sp³-hybridized carbons (Fsp3) is 0.867. The molecule has 0 saturated carbocycles. The Morgan fingerprint density at radius 1 is 1.18 bits per heavy atom. The average molecular weight is 235 g/mol. The maximum Gasteiger partial charge on any atom is 0.105 e. The van der Waals surface area contributed by atoms with E-state index in [9.17, 15) is 0 Å². The van der Waals surface area contributed by atoms with Crippen molar-refractivity contribution in [2.24, 2.45) is 5.92 Å². The van der Waals surface area contributed by atoms with E-state index in [-0.39, 0.29) is 11.2 Å². The predicted molar refractivity (Wildman–Crippen MR) is 69.8 cm³/mol. The average Bonchev–Trinajstić information content (AvgIpc) is 2.28. The Bertz CT molecular complexity index is 341. The maximum atomic E-state index is 6.42. The van der Waals surface area contributed by atoms with Gasteiger partial charge in [0.1, 0.15) is 5.60 Å². The molecule has 0 unspecified atom stereocenters. The summed E-state index contributed by atoms with van der Waals surface area (Å²) in [6.07, 6.45) is 9.11. The van der Waals surface area contributed by atoms with E-state index in [2.05, 4.69) is 31.7 Å². The van der Waals surface area contributed by atoms with Crippen LogP contribution in [0.3, 0.4) is 0 Å². The Hall–Kier alpha value is -0.500. The van der Waals surface area contributed by atoms with Crippen LogP contribution in [0.15, 0.2) is 11.8 Å². The van der Waals surface area contributed by atoms with Gasteiger partial charge in [0.25, 0.3) is 0 Å². The van der Waals surface area contributed by atoms with E-state index < -0.39 is 0 Å². The van der Waals surface area contributed by atoms with Crippen LogP contribution in [0.1, 0.15) is 52.9 Å². The van der Waals surface area contributed by atoms with Gasteiger partial charge in [-0.15, -0.1) is 0 Å². The summed E-state index contributed by atoms with van der Waals surface area (Å²) in [5, 5.41) is 0. The highest BCUT2D eigenvalue weighted by Crippen LogP contribution is 2.50. The van der Waals surface area contributed by atoms with Crippen LogP contribution < -0.4 is 0 Å². The van der Waals surface area contributed by atoms with E-state index in [1.807, 2.05) is 0 Å². The Morgan fingerprint density at radius 2 is 1.88 bits per heavy atom. The first-order valence-corrected chi connectivity index (χ1v) is 7.19. The van der Waals surface area contributed by atoms with Gasteiger partial charge in [-0.2, -0.15) is 0 Å².